The molecule has 1 aliphatic carbocycles. The summed E-state index contributed by atoms with van der Waals surface area (Å²) >= 11 is 0. The summed E-state index contributed by atoms with van der Waals surface area (Å²) in [6.07, 6.45) is 0. The summed E-state index contributed by atoms with van der Waals surface area (Å²) in [6, 6.07) is 25.9. The van der Waals surface area contributed by atoms with Gasteiger partial charge in [0.1, 0.15) is 22.6 Å². The van der Waals surface area contributed by atoms with E-state index in [4.69, 9.17) is 0 Å². The van der Waals surface area contributed by atoms with Gasteiger partial charge in [0.25, 0.3) is 11.1 Å². The number of hydrogen-bond donors (Lipinski definition) is 1. The van der Waals surface area contributed by atoms with Crippen molar-refractivity contribution in [3.05, 3.63) is 127 Å². The molecule has 0 spiro atoms. The van der Waals surface area contributed by atoms with Crippen molar-refractivity contribution in [2.45, 2.75) is 0 Å². The molecule has 1 N–H and O–H groups in total. The highest BCUT2D eigenvalue weighted by atomic mass is 16.2. The van der Waals surface area contributed by atoms with Crippen LogP contribution in [0.4, 0.5) is 11.5 Å². The maximum Gasteiger partial charge on any atom is 0.417 e. The summed E-state index contributed by atoms with van der Waals surface area (Å²) in [4.78, 5) is 52.9. The van der Waals surface area contributed by atoms with Gasteiger partial charge in [0.2, 0.25) is 0 Å². The number of nitrogens with zero attached hydrogens (tertiary/aromatic N) is 5. The van der Waals surface area contributed by atoms with Gasteiger partial charge < -0.3 is 5.32 Å². The van der Waals surface area contributed by atoms with E-state index in [9.17, 15) is 19.2 Å². The number of rotatable bonds is 4. The molecule has 0 unspecified atom stereocenters. The third kappa shape index (κ3) is 3.91. The van der Waals surface area contributed by atoms with Crippen molar-refractivity contribution in [1.29, 1.82) is 0 Å². The molecule has 10 heteroatoms. The fourth-order valence-corrected chi connectivity index (χ4v) is 5.34. The first kappa shape index (κ1) is 25.8. The summed E-state index contributed by atoms with van der Waals surface area (Å²) in [5, 5.41) is 3.63. The molecule has 41 heavy (non-hydrogen) atoms. The predicted molar refractivity (Wildman–Crippen MR) is 158 cm³/mol. The normalized spacial score (nSPS) is 11.3. The minimum absolute atomic E-state index is 0.298. The standard InChI is InChI=1S/C31H26N6O4/c1-33-26(32-20-11-7-5-8-12-20)24(28(38)35(3)30(33)40)19-15-17-22-23(18-16-19)37(21-13-9-6-10-14-21)27-25(22)29(39)36(4)31(41)34(27)2/h5-18H,1-4H3/p+1. The second-order valence-corrected chi connectivity index (χ2v) is 9.92. The van der Waals surface area contributed by atoms with Gasteiger partial charge >= 0.3 is 17.0 Å². The first-order valence-electron chi connectivity index (χ1n) is 13.0. The van der Waals surface area contributed by atoms with Gasteiger partial charge in [-0.25, -0.2) is 14.2 Å². The number of para-hydroxylation sites is 2. The van der Waals surface area contributed by atoms with E-state index in [1.807, 2.05) is 71.3 Å². The fraction of sp³-hybridized carbons (Fsp3) is 0.129. The number of fused-ring (bicyclic) bond motifs is 3. The van der Waals surface area contributed by atoms with Crippen molar-refractivity contribution in [1.82, 2.24) is 18.3 Å². The van der Waals surface area contributed by atoms with Crippen molar-refractivity contribution < 1.29 is 4.57 Å². The largest absolute Gasteiger partial charge is 0.417 e. The van der Waals surface area contributed by atoms with E-state index in [1.165, 1.54) is 23.2 Å². The van der Waals surface area contributed by atoms with Crippen LogP contribution in [0.2, 0.25) is 0 Å². The molecule has 0 amide bonds. The lowest BCUT2D eigenvalue weighted by atomic mass is 10.1. The summed E-state index contributed by atoms with van der Waals surface area (Å²) in [6.45, 7) is 0. The second-order valence-electron chi connectivity index (χ2n) is 9.92. The van der Waals surface area contributed by atoms with Crippen LogP contribution in [0.5, 0.6) is 0 Å². The van der Waals surface area contributed by atoms with Crippen molar-refractivity contribution in [3.8, 4) is 28.1 Å². The fourth-order valence-electron chi connectivity index (χ4n) is 5.34. The molecule has 0 saturated heterocycles. The third-order valence-corrected chi connectivity index (χ3v) is 7.49. The molecule has 2 aliphatic rings. The van der Waals surface area contributed by atoms with Crippen LogP contribution in [0.1, 0.15) is 0 Å². The second kappa shape index (κ2) is 9.60. The molecule has 0 fully saturated rings. The van der Waals surface area contributed by atoms with Crippen molar-refractivity contribution in [2.75, 3.05) is 5.32 Å². The van der Waals surface area contributed by atoms with Gasteiger partial charge in [-0.2, -0.15) is 9.13 Å². The molecule has 0 atom stereocenters. The molecule has 0 bridgehead atoms. The Hall–Kier alpha value is -5.51. The first-order valence-corrected chi connectivity index (χ1v) is 13.0. The van der Waals surface area contributed by atoms with E-state index < -0.39 is 22.5 Å². The monoisotopic (exact) mass is 547 g/mol. The molecule has 2 aromatic carbocycles. The van der Waals surface area contributed by atoms with Crippen LogP contribution in [0, 0.1) is 0 Å². The van der Waals surface area contributed by atoms with Crippen LogP contribution in [-0.2, 0) is 28.2 Å². The maximum atomic E-state index is 13.6. The quantitative estimate of drug-likeness (QED) is 0.342. The Morgan fingerprint density at radius 3 is 1.88 bits per heavy atom. The summed E-state index contributed by atoms with van der Waals surface area (Å²) in [5.74, 6) is 0.342. The molecule has 3 heterocycles. The van der Waals surface area contributed by atoms with Gasteiger partial charge in [0.15, 0.2) is 0 Å². The summed E-state index contributed by atoms with van der Waals surface area (Å²) < 4.78 is 6.91. The van der Waals surface area contributed by atoms with Gasteiger partial charge in [-0.1, -0.05) is 42.5 Å². The lowest BCUT2D eigenvalue weighted by molar-refractivity contribution is -0.556. The topological polar surface area (TPSA) is 104 Å². The van der Waals surface area contributed by atoms with E-state index in [2.05, 4.69) is 5.32 Å². The van der Waals surface area contributed by atoms with Gasteiger partial charge in [0, 0.05) is 32.4 Å². The van der Waals surface area contributed by atoms with Gasteiger partial charge in [-0.05, 0) is 48.0 Å². The molecular formula is C31H27N6O4+. The van der Waals surface area contributed by atoms with Gasteiger partial charge in [0.05, 0.1) is 12.6 Å². The van der Waals surface area contributed by atoms with E-state index in [-0.39, 0.29) is 0 Å². The zero-order chi connectivity index (χ0) is 29.0. The highest BCUT2D eigenvalue weighted by Gasteiger charge is 2.31. The SMILES string of the molecule is Cn1c(Nc2ccccc2)c(-c2ccc3c4c(=O)n(C)c(=O)n(C)c4[n+](-c4ccccc4)c-3cc2)c(=O)n(C)c1=O. The first-order chi connectivity index (χ1) is 19.7. The van der Waals surface area contributed by atoms with Crippen LogP contribution < -0.4 is 32.4 Å². The molecule has 10 nitrogen and oxygen atoms in total. The maximum absolute atomic E-state index is 13.6. The minimum atomic E-state index is -0.464. The van der Waals surface area contributed by atoms with Crippen LogP contribution >= 0.6 is 0 Å². The lowest BCUT2D eigenvalue weighted by Gasteiger charge is -2.16. The average Bonchev–Trinajstić information content (AvgIpc) is 3.18. The zero-order valence-corrected chi connectivity index (χ0v) is 23.0. The minimum Gasteiger partial charge on any atom is -0.341 e. The Balaban J connectivity index is 1.72. The van der Waals surface area contributed by atoms with Gasteiger partial charge in [-0.15, -0.1) is 0 Å². The Morgan fingerprint density at radius 1 is 0.610 bits per heavy atom. The van der Waals surface area contributed by atoms with Crippen molar-refractivity contribution in [2.24, 2.45) is 28.2 Å². The number of hydrogen-bond acceptors (Lipinski definition) is 5. The Labute approximate surface area is 233 Å². The highest BCUT2D eigenvalue weighted by molar-refractivity contribution is 5.92. The van der Waals surface area contributed by atoms with Gasteiger partial charge in [-0.3, -0.25) is 18.7 Å². The molecule has 6 rings (SSSR count). The number of aryl methyl sites for hydroxylation is 1. The number of nitrogens with one attached hydrogen (secondary N) is 1. The molecule has 0 saturated carbocycles. The number of benzene rings is 2. The van der Waals surface area contributed by atoms with E-state index >= 15 is 0 Å². The number of anilines is 2. The van der Waals surface area contributed by atoms with Crippen LogP contribution in [-0.4, -0.2) is 18.3 Å². The molecule has 204 valence electrons. The Morgan fingerprint density at radius 2 is 1.20 bits per heavy atom. The number of aromatic nitrogens is 5. The molecule has 2 aromatic heterocycles. The Bertz CT molecular complexity index is 2190. The van der Waals surface area contributed by atoms with E-state index in [0.717, 1.165) is 14.8 Å². The zero-order valence-electron chi connectivity index (χ0n) is 23.0. The Kier molecular flexibility index (Phi) is 6.03. The van der Waals surface area contributed by atoms with E-state index in [1.54, 1.807) is 32.3 Å². The third-order valence-electron chi connectivity index (χ3n) is 7.49. The summed E-state index contributed by atoms with van der Waals surface area (Å²) in [5.41, 5.74) is 2.32. The highest BCUT2D eigenvalue weighted by Crippen LogP contribution is 2.31. The average molecular weight is 548 g/mol. The van der Waals surface area contributed by atoms with Crippen LogP contribution in [0.3, 0.4) is 0 Å². The molecule has 4 aromatic rings. The lowest BCUT2D eigenvalue weighted by Crippen LogP contribution is -2.41. The van der Waals surface area contributed by atoms with Crippen molar-refractivity contribution in [3.63, 3.8) is 0 Å². The van der Waals surface area contributed by atoms with Crippen LogP contribution in [0.25, 0.3) is 39.1 Å². The smallest absolute Gasteiger partial charge is 0.341 e. The van der Waals surface area contributed by atoms with Crippen LogP contribution in [0.15, 0.2) is 104 Å². The van der Waals surface area contributed by atoms with Crippen molar-refractivity contribution >= 4 is 22.5 Å². The molecule has 1 aliphatic heterocycles. The predicted octanol–water partition coefficient (Wildman–Crippen LogP) is 2.43. The molecular weight excluding hydrogens is 520 g/mol. The molecule has 0 radical (unpaired) electrons. The summed E-state index contributed by atoms with van der Waals surface area (Å²) in [7, 11) is 6.15. The van der Waals surface area contributed by atoms with E-state index in [0.29, 0.717) is 44.9 Å².